The third-order valence-electron chi connectivity index (χ3n) is 8.62. The van der Waals surface area contributed by atoms with Gasteiger partial charge in [0.05, 0.1) is 9.52 Å². The first-order chi connectivity index (χ1) is 19.7. The van der Waals surface area contributed by atoms with E-state index in [1.807, 2.05) is 0 Å². The second-order valence-electron chi connectivity index (χ2n) is 11.1. The van der Waals surface area contributed by atoms with Crippen LogP contribution in [0.1, 0.15) is 52.7 Å². The van der Waals surface area contributed by atoms with Crippen molar-refractivity contribution in [3.05, 3.63) is 166 Å². The van der Waals surface area contributed by atoms with Crippen LogP contribution < -0.4 is 0 Å². The maximum atomic E-state index is 2.45. The lowest BCUT2D eigenvalue weighted by atomic mass is 9.91. The second-order valence-corrected chi connectivity index (χ2v) is 12.5. The molecule has 5 aromatic carbocycles. The molecule has 2 aliphatic rings. The van der Waals surface area contributed by atoms with Crippen molar-refractivity contribution in [2.24, 2.45) is 0 Å². The van der Waals surface area contributed by atoms with Gasteiger partial charge in [-0.1, -0.05) is 145 Å². The quantitative estimate of drug-likeness (QED) is 0.192. The number of hydrogen-bond donors (Lipinski definition) is 0. The normalized spacial score (nSPS) is 17.5. The van der Waals surface area contributed by atoms with E-state index in [0.717, 1.165) is 15.9 Å². The van der Waals surface area contributed by atoms with Crippen molar-refractivity contribution >= 4 is 21.2 Å². The summed E-state index contributed by atoms with van der Waals surface area (Å²) in [5.74, 6) is 0. The minimum absolute atomic E-state index is 0.428. The average molecular weight is 529 g/mol. The Morgan fingerprint density at radius 3 is 1.80 bits per heavy atom. The minimum Gasteiger partial charge on any atom is -0.0684 e. The van der Waals surface area contributed by atoms with Gasteiger partial charge in [0.15, 0.2) is 0 Å². The van der Waals surface area contributed by atoms with Crippen molar-refractivity contribution in [2.45, 2.75) is 31.4 Å². The zero-order chi connectivity index (χ0) is 27.1. The highest BCUT2D eigenvalue weighted by Gasteiger charge is 2.35. The lowest BCUT2D eigenvalue weighted by molar-refractivity contribution is 1.03. The molecule has 0 saturated heterocycles. The number of benzene rings is 5. The first-order valence-corrected chi connectivity index (χ1v) is 15.4. The molecule has 0 heterocycles. The van der Waals surface area contributed by atoms with Crippen molar-refractivity contribution in [3.63, 3.8) is 0 Å². The molecule has 0 saturated carbocycles. The molecule has 0 spiro atoms. The van der Waals surface area contributed by atoms with Crippen LogP contribution in [0.5, 0.6) is 0 Å². The van der Waals surface area contributed by atoms with E-state index in [0.29, 0.717) is 11.1 Å². The zero-order valence-corrected chi connectivity index (χ0v) is 24.1. The smallest absolute Gasteiger partial charge is 0.0678 e. The Bertz CT molecular complexity index is 1740. The van der Waals surface area contributed by atoms with Gasteiger partial charge in [-0.2, -0.15) is 0 Å². The van der Waals surface area contributed by atoms with Crippen molar-refractivity contribution in [2.75, 3.05) is 0 Å². The summed E-state index contributed by atoms with van der Waals surface area (Å²) in [4.78, 5) is 0. The van der Waals surface area contributed by atoms with Crippen LogP contribution in [0.4, 0.5) is 0 Å². The van der Waals surface area contributed by atoms with Gasteiger partial charge in [0.2, 0.25) is 0 Å². The summed E-state index contributed by atoms with van der Waals surface area (Å²) in [5, 5.41) is 0. The molecule has 0 N–H and O–H groups in total. The highest BCUT2D eigenvalue weighted by molar-refractivity contribution is 6.44. The summed E-state index contributed by atoms with van der Waals surface area (Å²) < 4.78 is 0. The van der Waals surface area contributed by atoms with Crippen LogP contribution in [0, 0.1) is 0 Å². The molecule has 7 rings (SSSR count). The second kappa shape index (κ2) is 10.4. The average Bonchev–Trinajstić information content (AvgIpc) is 3.47. The standard InChI is InChI=1S/C39H32Si/c1-26-24-36-31(29-16-8-4-9-17-29)20-12-22-33(36)38(26)40-39-27(2)35(25-28-14-6-3-7-15-28)37-32(21-13-23-34(37)39)30-18-10-5-11-19-30/h3-24,38-39H,25H2,1-2H3. The molecule has 2 aliphatic carbocycles. The lowest BCUT2D eigenvalue weighted by Gasteiger charge is -2.21. The lowest BCUT2D eigenvalue weighted by Crippen LogP contribution is -2.17. The predicted molar refractivity (Wildman–Crippen MR) is 171 cm³/mol. The Balaban J connectivity index is 1.32. The third kappa shape index (κ3) is 4.31. The van der Waals surface area contributed by atoms with Gasteiger partial charge in [-0.3, -0.25) is 0 Å². The summed E-state index contributed by atoms with van der Waals surface area (Å²) in [7, 11) is 0.763. The minimum atomic E-state index is 0.428. The fourth-order valence-electron chi connectivity index (χ4n) is 6.66. The number of rotatable bonds is 6. The molecular weight excluding hydrogens is 497 g/mol. The Kier molecular flexibility index (Phi) is 6.46. The van der Waals surface area contributed by atoms with Crippen LogP contribution in [-0.4, -0.2) is 9.52 Å². The van der Waals surface area contributed by atoms with Gasteiger partial charge >= 0.3 is 0 Å². The van der Waals surface area contributed by atoms with Crippen LogP contribution in [0.25, 0.3) is 33.9 Å². The molecule has 2 radical (unpaired) electrons. The fraction of sp³-hybridized carbons (Fsp3) is 0.128. The monoisotopic (exact) mass is 528 g/mol. The van der Waals surface area contributed by atoms with E-state index in [2.05, 4.69) is 147 Å². The maximum absolute atomic E-state index is 2.45. The molecule has 192 valence electrons. The largest absolute Gasteiger partial charge is 0.0684 e. The summed E-state index contributed by atoms with van der Waals surface area (Å²) in [6, 6.07) is 46.7. The Morgan fingerprint density at radius 1 is 0.550 bits per heavy atom. The van der Waals surface area contributed by atoms with Crippen LogP contribution in [0.2, 0.25) is 0 Å². The highest BCUT2D eigenvalue weighted by atomic mass is 28.2. The van der Waals surface area contributed by atoms with Crippen molar-refractivity contribution in [1.82, 2.24) is 0 Å². The van der Waals surface area contributed by atoms with E-state index in [9.17, 15) is 0 Å². The van der Waals surface area contributed by atoms with E-state index < -0.39 is 0 Å². The number of hydrogen-bond acceptors (Lipinski definition) is 0. The molecule has 0 nitrogen and oxygen atoms in total. The SMILES string of the molecule is CC1=Cc2c(-c3ccccc3)cccc2C1[Si]C1C(C)=C(Cc2ccccc2)c2c(-c3ccccc3)cccc21. The molecule has 2 atom stereocenters. The maximum Gasteiger partial charge on any atom is 0.0678 e. The van der Waals surface area contributed by atoms with E-state index in [1.54, 1.807) is 5.57 Å². The molecule has 2 unspecified atom stereocenters. The molecule has 0 bridgehead atoms. The molecule has 0 aromatic heterocycles. The number of allylic oxidation sites excluding steroid dienone is 3. The summed E-state index contributed by atoms with van der Waals surface area (Å²) in [6.07, 6.45) is 3.42. The van der Waals surface area contributed by atoms with Gasteiger partial charge in [-0.25, -0.2) is 0 Å². The Hall–Kier alpha value is -4.20. The molecular formula is C39H32Si. The van der Waals surface area contributed by atoms with E-state index in [4.69, 9.17) is 0 Å². The molecule has 40 heavy (non-hydrogen) atoms. The topological polar surface area (TPSA) is 0 Å². The van der Waals surface area contributed by atoms with E-state index in [-0.39, 0.29) is 0 Å². The van der Waals surface area contributed by atoms with Gasteiger partial charge in [-0.05, 0) is 87.0 Å². The first-order valence-electron chi connectivity index (χ1n) is 14.2. The predicted octanol–water partition coefficient (Wildman–Crippen LogP) is 9.95. The Labute approximate surface area is 240 Å². The molecule has 5 aromatic rings. The van der Waals surface area contributed by atoms with Crippen LogP contribution >= 0.6 is 0 Å². The molecule has 0 amide bonds. The zero-order valence-electron chi connectivity index (χ0n) is 23.1. The highest BCUT2D eigenvalue weighted by Crippen LogP contribution is 2.50. The van der Waals surface area contributed by atoms with Crippen LogP contribution in [-0.2, 0) is 6.42 Å². The van der Waals surface area contributed by atoms with Gasteiger partial charge in [0.25, 0.3) is 0 Å². The molecule has 0 fully saturated rings. The molecule has 0 aliphatic heterocycles. The van der Waals surface area contributed by atoms with E-state index in [1.165, 1.54) is 61.2 Å². The summed E-state index contributed by atoms with van der Waals surface area (Å²) >= 11 is 0. The van der Waals surface area contributed by atoms with Crippen LogP contribution in [0.15, 0.2) is 139 Å². The van der Waals surface area contributed by atoms with Crippen LogP contribution in [0.3, 0.4) is 0 Å². The van der Waals surface area contributed by atoms with Crippen molar-refractivity contribution in [3.8, 4) is 22.3 Å². The van der Waals surface area contributed by atoms with Gasteiger partial charge < -0.3 is 0 Å². The summed E-state index contributed by atoms with van der Waals surface area (Å²) in [5.41, 5.74) is 18.0. The van der Waals surface area contributed by atoms with Crippen molar-refractivity contribution < 1.29 is 0 Å². The fourth-order valence-corrected chi connectivity index (χ4v) is 8.62. The molecule has 1 heteroatoms. The third-order valence-corrected chi connectivity index (χ3v) is 10.8. The van der Waals surface area contributed by atoms with Gasteiger partial charge in [0.1, 0.15) is 0 Å². The number of fused-ring (bicyclic) bond motifs is 2. The van der Waals surface area contributed by atoms with E-state index >= 15 is 0 Å². The summed E-state index contributed by atoms with van der Waals surface area (Å²) in [6.45, 7) is 4.74. The Morgan fingerprint density at radius 2 is 1.12 bits per heavy atom. The first kappa shape index (κ1) is 24.8. The van der Waals surface area contributed by atoms with Crippen molar-refractivity contribution in [1.29, 1.82) is 0 Å². The van der Waals surface area contributed by atoms with Gasteiger partial charge in [-0.15, -0.1) is 0 Å². The van der Waals surface area contributed by atoms with Gasteiger partial charge in [0, 0.05) is 0 Å².